The number of aromatic nitrogens is 2. The van der Waals surface area contributed by atoms with Crippen LogP contribution in [-0.4, -0.2) is 85.1 Å². The Morgan fingerprint density at radius 2 is 1.76 bits per heavy atom. The second-order valence-corrected chi connectivity index (χ2v) is 7.95. The lowest BCUT2D eigenvalue weighted by molar-refractivity contribution is 0.0484. The molecular formula is C13H23N5O2S. The first-order valence-corrected chi connectivity index (χ1v) is 8.78. The molecule has 2 aliphatic rings. The highest BCUT2D eigenvalue weighted by atomic mass is 32.2. The first-order chi connectivity index (χ1) is 9.89. The predicted molar refractivity (Wildman–Crippen MR) is 79.7 cm³/mol. The van der Waals surface area contributed by atoms with Gasteiger partial charge >= 0.3 is 0 Å². The first kappa shape index (κ1) is 15.0. The largest absolute Gasteiger partial charge is 0.304 e. The van der Waals surface area contributed by atoms with Gasteiger partial charge in [0, 0.05) is 45.3 Å². The summed E-state index contributed by atoms with van der Waals surface area (Å²) >= 11 is 0. The van der Waals surface area contributed by atoms with E-state index in [1.165, 1.54) is 0 Å². The van der Waals surface area contributed by atoms with Gasteiger partial charge in [0.2, 0.25) is 10.0 Å². The Bertz CT molecular complexity index is 593. The van der Waals surface area contributed by atoms with Crippen LogP contribution in [0, 0.1) is 13.8 Å². The third kappa shape index (κ3) is 2.61. The zero-order valence-electron chi connectivity index (χ0n) is 12.8. The second-order valence-electron chi connectivity index (χ2n) is 6.08. The Morgan fingerprint density at radius 3 is 2.29 bits per heavy atom. The van der Waals surface area contributed by atoms with Crippen molar-refractivity contribution in [3.05, 3.63) is 11.4 Å². The van der Waals surface area contributed by atoms with E-state index in [1.807, 2.05) is 0 Å². The molecule has 0 bridgehead atoms. The zero-order chi connectivity index (χ0) is 15.2. The van der Waals surface area contributed by atoms with E-state index in [9.17, 15) is 8.42 Å². The number of H-pyrrole nitrogens is 1. The van der Waals surface area contributed by atoms with E-state index in [4.69, 9.17) is 0 Å². The summed E-state index contributed by atoms with van der Waals surface area (Å²) < 4.78 is 26.8. The van der Waals surface area contributed by atoms with Crippen LogP contribution in [-0.2, 0) is 10.0 Å². The summed E-state index contributed by atoms with van der Waals surface area (Å²) in [4.78, 5) is 5.06. The summed E-state index contributed by atoms with van der Waals surface area (Å²) in [7, 11) is -1.28. The Hall–Kier alpha value is -0.960. The molecule has 0 saturated carbocycles. The van der Waals surface area contributed by atoms with Gasteiger partial charge in [0.15, 0.2) is 0 Å². The lowest BCUT2D eigenvalue weighted by Gasteiger charge is -2.46. The van der Waals surface area contributed by atoms with Crippen molar-refractivity contribution < 1.29 is 8.42 Å². The van der Waals surface area contributed by atoms with Gasteiger partial charge in [-0.2, -0.15) is 9.40 Å². The van der Waals surface area contributed by atoms with Crippen LogP contribution in [0.5, 0.6) is 0 Å². The number of rotatable bonds is 3. The molecule has 0 spiro atoms. The molecule has 0 aliphatic carbocycles. The zero-order valence-corrected chi connectivity index (χ0v) is 13.7. The number of sulfonamides is 1. The van der Waals surface area contributed by atoms with Gasteiger partial charge in [-0.3, -0.25) is 10.00 Å². The highest BCUT2D eigenvalue weighted by molar-refractivity contribution is 7.89. The molecule has 7 nitrogen and oxygen atoms in total. The van der Waals surface area contributed by atoms with Gasteiger partial charge < -0.3 is 4.90 Å². The monoisotopic (exact) mass is 313 g/mol. The molecule has 1 aromatic heterocycles. The summed E-state index contributed by atoms with van der Waals surface area (Å²) in [5, 5.41) is 6.75. The molecular weight excluding hydrogens is 290 g/mol. The highest BCUT2D eigenvalue weighted by Gasteiger charge is 2.41. The molecule has 8 heteroatoms. The van der Waals surface area contributed by atoms with Crippen molar-refractivity contribution in [2.75, 3.05) is 46.3 Å². The molecule has 0 unspecified atom stereocenters. The fraction of sp³-hybridized carbons (Fsp3) is 0.769. The Labute approximate surface area is 126 Å². The number of aryl methyl sites for hydroxylation is 2. The fourth-order valence-corrected chi connectivity index (χ4v) is 4.93. The van der Waals surface area contributed by atoms with Crippen molar-refractivity contribution in [2.45, 2.75) is 24.8 Å². The molecule has 2 aliphatic heterocycles. The van der Waals surface area contributed by atoms with E-state index < -0.39 is 10.0 Å². The molecule has 3 rings (SSSR count). The predicted octanol–water partition coefficient (Wildman–Crippen LogP) is -0.353. The molecule has 2 saturated heterocycles. The quantitative estimate of drug-likeness (QED) is 0.825. The second kappa shape index (κ2) is 5.35. The summed E-state index contributed by atoms with van der Waals surface area (Å²) in [6.45, 7) is 8.84. The minimum atomic E-state index is -3.40. The fourth-order valence-electron chi connectivity index (χ4n) is 3.08. The van der Waals surface area contributed by atoms with Crippen LogP contribution < -0.4 is 0 Å². The maximum atomic E-state index is 12.6. The van der Waals surface area contributed by atoms with Crippen molar-refractivity contribution in [1.29, 1.82) is 0 Å². The minimum absolute atomic E-state index is 0.347. The van der Waals surface area contributed by atoms with Crippen molar-refractivity contribution in [2.24, 2.45) is 0 Å². The SMILES string of the molecule is Cc1n[nH]c(C)c1S(=O)(=O)N1CC(N2CCN(C)CC2)C1. The Kier molecular flexibility index (Phi) is 3.81. The molecule has 0 atom stereocenters. The van der Waals surface area contributed by atoms with E-state index in [1.54, 1.807) is 18.2 Å². The normalized spacial score (nSPS) is 23.4. The van der Waals surface area contributed by atoms with Crippen molar-refractivity contribution in [1.82, 2.24) is 24.3 Å². The molecule has 21 heavy (non-hydrogen) atoms. The van der Waals surface area contributed by atoms with Gasteiger partial charge in [0.05, 0.1) is 11.4 Å². The molecule has 118 valence electrons. The van der Waals surface area contributed by atoms with E-state index >= 15 is 0 Å². The first-order valence-electron chi connectivity index (χ1n) is 7.34. The molecule has 0 amide bonds. The van der Waals surface area contributed by atoms with Crippen molar-refractivity contribution in [3.8, 4) is 0 Å². The molecule has 3 heterocycles. The average Bonchev–Trinajstić information content (AvgIpc) is 2.70. The highest BCUT2D eigenvalue weighted by Crippen LogP contribution is 2.27. The van der Waals surface area contributed by atoms with Gasteiger partial charge in [0.25, 0.3) is 0 Å². The Morgan fingerprint density at radius 1 is 1.14 bits per heavy atom. The maximum absolute atomic E-state index is 12.6. The third-order valence-electron chi connectivity index (χ3n) is 4.54. The van der Waals surface area contributed by atoms with Crippen LogP contribution in [0.4, 0.5) is 0 Å². The standard InChI is InChI=1S/C13H23N5O2S/c1-10-13(11(2)15-14-10)21(19,20)18-8-12(9-18)17-6-4-16(3)5-7-17/h12H,4-9H2,1-3H3,(H,14,15). The van der Waals surface area contributed by atoms with Crippen LogP contribution >= 0.6 is 0 Å². The van der Waals surface area contributed by atoms with Gasteiger partial charge in [-0.05, 0) is 20.9 Å². The summed E-state index contributed by atoms with van der Waals surface area (Å²) in [5.74, 6) is 0. The van der Waals surface area contributed by atoms with Gasteiger partial charge in [0.1, 0.15) is 4.90 Å². The average molecular weight is 313 g/mol. The van der Waals surface area contributed by atoms with Crippen LogP contribution in [0.2, 0.25) is 0 Å². The lowest BCUT2D eigenvalue weighted by atomic mass is 10.1. The van der Waals surface area contributed by atoms with Crippen LogP contribution in [0.15, 0.2) is 4.90 Å². The molecule has 1 aromatic rings. The van der Waals surface area contributed by atoms with E-state index in [0.29, 0.717) is 35.4 Å². The number of likely N-dealkylation sites (N-methyl/N-ethyl adjacent to an activating group) is 1. The number of hydrogen-bond donors (Lipinski definition) is 1. The number of nitrogens with zero attached hydrogens (tertiary/aromatic N) is 4. The molecule has 1 N–H and O–H groups in total. The topological polar surface area (TPSA) is 72.5 Å². The van der Waals surface area contributed by atoms with Crippen LogP contribution in [0.1, 0.15) is 11.4 Å². The maximum Gasteiger partial charge on any atom is 0.246 e. The Balaban J connectivity index is 1.66. The van der Waals surface area contributed by atoms with E-state index in [0.717, 1.165) is 26.2 Å². The van der Waals surface area contributed by atoms with Crippen LogP contribution in [0.3, 0.4) is 0 Å². The number of nitrogens with one attached hydrogen (secondary N) is 1. The molecule has 0 aromatic carbocycles. The minimum Gasteiger partial charge on any atom is -0.304 e. The number of piperazine rings is 1. The van der Waals surface area contributed by atoms with E-state index in [-0.39, 0.29) is 0 Å². The van der Waals surface area contributed by atoms with Crippen molar-refractivity contribution >= 4 is 10.0 Å². The summed E-state index contributed by atoms with van der Waals surface area (Å²) in [6, 6.07) is 0.362. The molecule has 2 fully saturated rings. The van der Waals surface area contributed by atoms with Crippen molar-refractivity contribution in [3.63, 3.8) is 0 Å². The summed E-state index contributed by atoms with van der Waals surface area (Å²) in [5.41, 5.74) is 1.17. The smallest absolute Gasteiger partial charge is 0.246 e. The summed E-state index contributed by atoms with van der Waals surface area (Å²) in [6.07, 6.45) is 0. The van der Waals surface area contributed by atoms with Crippen LogP contribution in [0.25, 0.3) is 0 Å². The number of aromatic amines is 1. The van der Waals surface area contributed by atoms with E-state index in [2.05, 4.69) is 27.0 Å². The molecule has 0 radical (unpaired) electrons. The van der Waals surface area contributed by atoms with Gasteiger partial charge in [-0.25, -0.2) is 8.42 Å². The van der Waals surface area contributed by atoms with Gasteiger partial charge in [-0.1, -0.05) is 0 Å². The van der Waals surface area contributed by atoms with Gasteiger partial charge in [-0.15, -0.1) is 0 Å². The lowest BCUT2D eigenvalue weighted by Crippen LogP contribution is -2.63. The third-order valence-corrected chi connectivity index (χ3v) is 6.64. The number of hydrogen-bond acceptors (Lipinski definition) is 5.